The van der Waals surface area contributed by atoms with Gasteiger partial charge in [-0.2, -0.15) is 0 Å². The summed E-state index contributed by atoms with van der Waals surface area (Å²) >= 11 is 0. The minimum absolute atomic E-state index is 0.239. The largest absolute Gasteiger partial charge is 0.310 e. The maximum Gasteiger partial charge on any atom is 0.252 e. The third-order valence-corrected chi connectivity index (χ3v) is 23.2. The molecule has 0 fully saturated rings. The van der Waals surface area contributed by atoms with Crippen molar-refractivity contribution in [3.63, 3.8) is 0 Å². The number of fused-ring (bicyclic) bond motifs is 10. The summed E-state index contributed by atoms with van der Waals surface area (Å²) in [6.07, 6.45) is 0. The molecule has 522 valence electrons. The Morgan fingerprint density at radius 3 is 0.910 bits per heavy atom. The summed E-state index contributed by atoms with van der Waals surface area (Å²) in [5.74, 6) is 0. The number of rotatable bonds is 12. The monoisotopic (exact) mass is 1410 g/mol. The van der Waals surface area contributed by atoms with Gasteiger partial charge < -0.3 is 18.9 Å². The number of nitrogens with zero attached hydrogens (tertiary/aromatic N) is 4. The van der Waals surface area contributed by atoms with E-state index in [9.17, 15) is 0 Å². The molecule has 0 N–H and O–H groups in total. The molecule has 4 nitrogen and oxygen atoms in total. The first-order valence-corrected chi connectivity index (χ1v) is 38.7. The zero-order valence-corrected chi connectivity index (χ0v) is 62.0. The first-order valence-electron chi connectivity index (χ1n) is 38.7. The molecule has 0 unspecified atom stereocenters. The summed E-state index contributed by atoms with van der Waals surface area (Å²) in [5.41, 5.74) is 36.5. The van der Waals surface area contributed by atoms with Gasteiger partial charge in [-0.05, 0) is 191 Å². The molecule has 21 rings (SSSR count). The Labute approximate surface area is 648 Å². The van der Waals surface area contributed by atoms with Crippen molar-refractivity contribution in [2.45, 2.75) is 26.2 Å². The number of para-hydroxylation sites is 5. The Kier molecular flexibility index (Phi) is 15.6. The van der Waals surface area contributed by atoms with E-state index >= 15 is 0 Å². The summed E-state index contributed by atoms with van der Waals surface area (Å²) < 4.78 is 4.99. The molecule has 111 heavy (non-hydrogen) atoms. The second-order valence-electron chi connectivity index (χ2n) is 30.7. The van der Waals surface area contributed by atoms with Gasteiger partial charge in [0, 0.05) is 77.9 Å². The molecule has 0 amide bonds. The Morgan fingerprint density at radius 1 is 0.216 bits per heavy atom. The van der Waals surface area contributed by atoms with E-state index in [-0.39, 0.29) is 12.1 Å². The number of benzene rings is 17. The lowest BCUT2D eigenvalue weighted by molar-refractivity contribution is 0.591. The molecular weight excluding hydrogens is 1340 g/mol. The molecule has 0 aliphatic carbocycles. The first kappa shape index (κ1) is 65.3. The fourth-order valence-electron chi connectivity index (χ4n) is 18.1. The molecule has 19 aromatic rings. The molecule has 2 aliphatic rings. The molecule has 0 saturated carbocycles. The molecule has 17 aromatic carbocycles. The Bertz CT molecular complexity index is 6780. The summed E-state index contributed by atoms with van der Waals surface area (Å²) in [6.45, 7) is 6.83. The second kappa shape index (κ2) is 26.4. The van der Waals surface area contributed by atoms with E-state index in [4.69, 9.17) is 0 Å². The van der Waals surface area contributed by atoms with E-state index in [1.807, 2.05) is 0 Å². The lowest BCUT2D eigenvalue weighted by atomic mass is 9.33. The predicted octanol–water partition coefficient (Wildman–Crippen LogP) is 26.6. The molecular formula is C106H75BN4. The van der Waals surface area contributed by atoms with Crippen LogP contribution in [0.25, 0.3) is 144 Å². The summed E-state index contributed by atoms with van der Waals surface area (Å²) in [7, 11) is 0. The molecule has 0 radical (unpaired) electrons. The molecule has 2 aliphatic heterocycles. The minimum Gasteiger partial charge on any atom is -0.310 e. The van der Waals surface area contributed by atoms with Gasteiger partial charge in [0.2, 0.25) is 0 Å². The van der Waals surface area contributed by atoms with Crippen molar-refractivity contribution in [2.75, 3.05) is 9.80 Å². The van der Waals surface area contributed by atoms with Crippen LogP contribution in [-0.4, -0.2) is 15.8 Å². The van der Waals surface area contributed by atoms with Crippen molar-refractivity contribution >= 4 is 101 Å². The van der Waals surface area contributed by atoms with Crippen LogP contribution in [0.15, 0.2) is 400 Å². The van der Waals surface area contributed by atoms with E-state index in [2.05, 4.69) is 440 Å². The lowest BCUT2D eigenvalue weighted by Crippen LogP contribution is -2.61. The molecule has 2 aromatic heterocycles. The first-order chi connectivity index (χ1) is 54.7. The van der Waals surface area contributed by atoms with E-state index in [1.165, 1.54) is 65.8 Å². The van der Waals surface area contributed by atoms with Crippen LogP contribution in [-0.2, 0) is 5.41 Å². The minimum atomic E-state index is -0.252. The number of aromatic nitrogens is 2. The third kappa shape index (κ3) is 11.0. The Hall–Kier alpha value is -14.0. The van der Waals surface area contributed by atoms with Crippen molar-refractivity contribution in [1.29, 1.82) is 0 Å². The smallest absolute Gasteiger partial charge is 0.252 e. The average Bonchev–Trinajstić information content (AvgIpc) is 1.08. The fourth-order valence-corrected chi connectivity index (χ4v) is 18.1. The van der Waals surface area contributed by atoms with E-state index in [0.29, 0.717) is 0 Å². The van der Waals surface area contributed by atoms with Crippen LogP contribution in [0.4, 0.5) is 34.1 Å². The third-order valence-electron chi connectivity index (χ3n) is 23.2. The van der Waals surface area contributed by atoms with Crippen molar-refractivity contribution in [3.8, 4) is 100 Å². The number of hydrogen-bond acceptors (Lipinski definition) is 2. The van der Waals surface area contributed by atoms with Gasteiger partial charge in [0.15, 0.2) is 0 Å². The molecule has 0 atom stereocenters. The predicted molar refractivity (Wildman–Crippen MR) is 471 cm³/mol. The topological polar surface area (TPSA) is 16.3 Å². The molecule has 0 spiro atoms. The summed E-state index contributed by atoms with van der Waals surface area (Å²) in [4.78, 5) is 5.37. The van der Waals surface area contributed by atoms with Gasteiger partial charge in [-0.15, -0.1) is 0 Å². The van der Waals surface area contributed by atoms with Gasteiger partial charge in [0.25, 0.3) is 6.71 Å². The van der Waals surface area contributed by atoms with Gasteiger partial charge >= 0.3 is 0 Å². The Morgan fingerprint density at radius 2 is 0.505 bits per heavy atom. The number of anilines is 6. The maximum atomic E-state index is 2.70. The highest BCUT2D eigenvalue weighted by Gasteiger charge is 2.46. The van der Waals surface area contributed by atoms with E-state index in [1.54, 1.807) is 0 Å². The normalized spacial score (nSPS) is 12.4. The Balaban J connectivity index is 0.875. The van der Waals surface area contributed by atoms with Crippen LogP contribution in [0.1, 0.15) is 26.3 Å². The van der Waals surface area contributed by atoms with Crippen LogP contribution in [0.2, 0.25) is 0 Å². The molecule has 5 heteroatoms. The van der Waals surface area contributed by atoms with Gasteiger partial charge in [-0.25, -0.2) is 0 Å². The van der Waals surface area contributed by atoms with Crippen LogP contribution >= 0.6 is 0 Å². The molecule has 0 bridgehead atoms. The van der Waals surface area contributed by atoms with Crippen LogP contribution in [0.3, 0.4) is 0 Å². The van der Waals surface area contributed by atoms with E-state index in [0.717, 1.165) is 134 Å². The van der Waals surface area contributed by atoms with Gasteiger partial charge in [0.1, 0.15) is 0 Å². The van der Waals surface area contributed by atoms with Gasteiger partial charge in [0.05, 0.1) is 33.4 Å². The standard InChI is InChI=1S/C106H75BN4/c1-106(2,3)82-66-91(73-36-14-7-15-37-73)105(92(67-82)81-45-27-43-79(65-81)77-41-25-39-75(63-77)71-32-10-5-11-33-71)111-100-57-29-56-99-103(100)107(94-61-59-84(69-102(94)111)109-97-54-22-18-48-89(97)90-49-19-23-55-98(90)109)93-60-58-83(108-95-52-20-16-46-87(95)88-47-17-21-53-96(88)108)68-101(93)110(99)104-85(72-34-12-6-13-35-72)50-28-51-86(104)80-44-26-42-78(64-80)76-40-24-38-74(62-76)70-30-8-4-9-31-70/h4-69H,1-3H3. The molecule has 4 heterocycles. The van der Waals surface area contributed by atoms with Crippen LogP contribution in [0, 0.1) is 0 Å². The van der Waals surface area contributed by atoms with Gasteiger partial charge in [-0.1, -0.05) is 324 Å². The zero-order valence-electron chi connectivity index (χ0n) is 62.0. The van der Waals surface area contributed by atoms with Crippen molar-refractivity contribution in [1.82, 2.24) is 9.13 Å². The lowest BCUT2D eigenvalue weighted by Gasteiger charge is -2.46. The second-order valence-corrected chi connectivity index (χ2v) is 30.7. The summed E-state index contributed by atoms with van der Waals surface area (Å²) in [6, 6.07) is 150. The fraction of sp³-hybridized carbons (Fsp3) is 0.0377. The average molecular weight is 1420 g/mol. The van der Waals surface area contributed by atoms with Crippen LogP contribution < -0.4 is 26.2 Å². The SMILES string of the molecule is CC(C)(C)c1cc(-c2ccccc2)c(N2c3cc(-n4c5ccccc5c5ccccc54)ccc3B3c4ccc(-n5c6ccccc6c6ccccc65)cc4N(c4c(-c5ccccc5)cccc4-c4cccc(-c5cccc(-c6ccccc6)c5)c4)c4cccc2c43)c(-c2cccc(-c3cccc(-c4ccccc4)c3)c2)c1. The van der Waals surface area contributed by atoms with E-state index < -0.39 is 0 Å². The maximum absolute atomic E-state index is 2.70. The highest BCUT2D eigenvalue weighted by atomic mass is 15.2. The highest BCUT2D eigenvalue weighted by molar-refractivity contribution is 7.00. The van der Waals surface area contributed by atoms with Crippen LogP contribution in [0.5, 0.6) is 0 Å². The molecule has 0 saturated heterocycles. The van der Waals surface area contributed by atoms with Crippen molar-refractivity contribution in [3.05, 3.63) is 406 Å². The summed E-state index contributed by atoms with van der Waals surface area (Å²) in [5, 5.41) is 4.88. The van der Waals surface area contributed by atoms with Crippen molar-refractivity contribution in [2.24, 2.45) is 0 Å². The zero-order chi connectivity index (χ0) is 73.8. The number of hydrogen-bond donors (Lipinski definition) is 0. The highest BCUT2D eigenvalue weighted by Crippen LogP contribution is 2.55. The quantitative estimate of drug-likeness (QED) is 0.113. The van der Waals surface area contributed by atoms with Crippen molar-refractivity contribution < 1.29 is 0 Å². The van der Waals surface area contributed by atoms with Gasteiger partial charge in [-0.3, -0.25) is 0 Å².